The van der Waals surface area contributed by atoms with Crippen LogP contribution in [0.1, 0.15) is 56.9 Å². The van der Waals surface area contributed by atoms with Crippen molar-refractivity contribution in [2.75, 3.05) is 0 Å². The van der Waals surface area contributed by atoms with Crippen LogP contribution < -0.4 is 4.74 Å². The van der Waals surface area contributed by atoms with Gasteiger partial charge in [0.25, 0.3) is 0 Å². The van der Waals surface area contributed by atoms with Crippen LogP contribution in [0.5, 0.6) is 5.75 Å². The molecule has 0 heterocycles. The van der Waals surface area contributed by atoms with Crippen LogP contribution in [0, 0.1) is 23.4 Å². The Balaban J connectivity index is 1.94. The Bertz CT molecular complexity index is 782. The van der Waals surface area contributed by atoms with Gasteiger partial charge in [0, 0.05) is 0 Å². The molecule has 2 aromatic rings. The lowest BCUT2D eigenvalue weighted by Crippen LogP contribution is -2.13. The number of fused-ring (bicyclic) bond motifs is 1. The number of halogens is 5. The SMILES string of the molecule is CCCC1CCC(c2cc(F)c3c(F)c(OC(F)F)c(F)cc3c2)CC1. The lowest BCUT2D eigenvalue weighted by Gasteiger charge is -2.29. The molecule has 0 radical (unpaired) electrons. The van der Waals surface area contributed by atoms with Crippen LogP contribution >= 0.6 is 0 Å². The lowest BCUT2D eigenvalue weighted by molar-refractivity contribution is -0.0544. The first-order valence-corrected chi connectivity index (χ1v) is 8.96. The zero-order valence-electron chi connectivity index (χ0n) is 14.5. The number of ether oxygens (including phenoxy) is 1. The van der Waals surface area contributed by atoms with Gasteiger partial charge in [-0.2, -0.15) is 8.78 Å². The summed E-state index contributed by atoms with van der Waals surface area (Å²) in [4.78, 5) is 0. The van der Waals surface area contributed by atoms with E-state index in [4.69, 9.17) is 0 Å². The molecule has 0 unspecified atom stereocenters. The fourth-order valence-corrected chi connectivity index (χ4v) is 4.04. The summed E-state index contributed by atoms with van der Waals surface area (Å²) in [6, 6.07) is 3.65. The van der Waals surface area contributed by atoms with Gasteiger partial charge in [-0.3, -0.25) is 0 Å². The van der Waals surface area contributed by atoms with E-state index in [1.54, 1.807) is 6.07 Å². The predicted octanol–water partition coefficient (Wildman–Crippen LogP) is 6.93. The largest absolute Gasteiger partial charge is 0.429 e. The molecule has 3 rings (SSSR count). The molecule has 0 spiro atoms. The average Bonchev–Trinajstić information content (AvgIpc) is 2.58. The number of hydrogen-bond acceptors (Lipinski definition) is 1. The van der Waals surface area contributed by atoms with Crippen molar-refractivity contribution < 1.29 is 26.7 Å². The van der Waals surface area contributed by atoms with Gasteiger partial charge in [0.2, 0.25) is 0 Å². The molecule has 1 aliphatic carbocycles. The fourth-order valence-electron chi connectivity index (χ4n) is 4.04. The first kappa shape index (κ1) is 18.9. The van der Waals surface area contributed by atoms with Gasteiger partial charge in [0.15, 0.2) is 17.4 Å². The summed E-state index contributed by atoms with van der Waals surface area (Å²) >= 11 is 0. The Morgan fingerprint density at radius 3 is 2.31 bits per heavy atom. The van der Waals surface area contributed by atoms with E-state index in [0.29, 0.717) is 11.5 Å². The molecule has 2 aromatic carbocycles. The molecule has 1 fully saturated rings. The van der Waals surface area contributed by atoms with Crippen molar-refractivity contribution in [1.29, 1.82) is 0 Å². The molecule has 0 aromatic heterocycles. The van der Waals surface area contributed by atoms with Crippen molar-refractivity contribution in [3.63, 3.8) is 0 Å². The molecule has 1 saturated carbocycles. The van der Waals surface area contributed by atoms with Gasteiger partial charge in [-0.05, 0) is 60.6 Å². The third-order valence-corrected chi connectivity index (χ3v) is 5.28. The molecule has 0 bridgehead atoms. The smallest absolute Gasteiger partial charge is 0.387 e. The van der Waals surface area contributed by atoms with Crippen molar-refractivity contribution in [3.8, 4) is 5.75 Å². The predicted molar refractivity (Wildman–Crippen MR) is 90.1 cm³/mol. The molecule has 6 heteroatoms. The highest BCUT2D eigenvalue weighted by Gasteiger charge is 2.25. The molecule has 0 aliphatic heterocycles. The highest BCUT2D eigenvalue weighted by molar-refractivity contribution is 5.86. The van der Waals surface area contributed by atoms with E-state index >= 15 is 0 Å². The van der Waals surface area contributed by atoms with Gasteiger partial charge in [-0.1, -0.05) is 25.8 Å². The zero-order valence-corrected chi connectivity index (χ0v) is 14.5. The van der Waals surface area contributed by atoms with E-state index in [9.17, 15) is 22.0 Å². The van der Waals surface area contributed by atoms with E-state index in [2.05, 4.69) is 11.7 Å². The first-order valence-electron chi connectivity index (χ1n) is 8.96. The summed E-state index contributed by atoms with van der Waals surface area (Å²) in [6.07, 6.45) is 6.26. The monoisotopic (exact) mass is 372 g/mol. The van der Waals surface area contributed by atoms with Crippen LogP contribution in [-0.2, 0) is 0 Å². The van der Waals surface area contributed by atoms with Gasteiger partial charge in [0.05, 0.1) is 5.39 Å². The summed E-state index contributed by atoms with van der Waals surface area (Å²) < 4.78 is 71.3. The van der Waals surface area contributed by atoms with E-state index in [1.165, 1.54) is 12.5 Å². The standard InChI is InChI=1S/C20H21F5O/c1-2-3-11-4-6-12(7-5-11)13-8-14-10-16(22)19(26-20(24)25)18(23)17(14)15(21)9-13/h8-12,20H,2-7H2,1H3. The minimum Gasteiger partial charge on any atom is -0.429 e. The van der Waals surface area contributed by atoms with E-state index in [0.717, 1.165) is 38.2 Å². The van der Waals surface area contributed by atoms with E-state index < -0.39 is 35.2 Å². The van der Waals surface area contributed by atoms with Crippen LogP contribution in [0.4, 0.5) is 22.0 Å². The number of rotatable bonds is 5. The Hall–Kier alpha value is -1.85. The minimum absolute atomic E-state index is 0.0206. The Morgan fingerprint density at radius 1 is 1.00 bits per heavy atom. The number of alkyl halides is 2. The summed E-state index contributed by atoms with van der Waals surface area (Å²) in [6.45, 7) is -1.24. The second kappa shape index (κ2) is 7.80. The van der Waals surface area contributed by atoms with Crippen molar-refractivity contribution in [3.05, 3.63) is 41.2 Å². The fraction of sp³-hybridized carbons (Fsp3) is 0.500. The van der Waals surface area contributed by atoms with Crippen molar-refractivity contribution in [2.45, 2.75) is 58.0 Å². The molecule has 0 atom stereocenters. The second-order valence-electron chi connectivity index (χ2n) is 6.99. The van der Waals surface area contributed by atoms with Crippen molar-refractivity contribution in [2.24, 2.45) is 5.92 Å². The topological polar surface area (TPSA) is 9.23 Å². The molecule has 1 nitrogen and oxygen atoms in total. The molecule has 0 saturated heterocycles. The maximum absolute atomic E-state index is 14.5. The average molecular weight is 372 g/mol. The molecular formula is C20H21F5O. The van der Waals surface area contributed by atoms with Crippen LogP contribution in [0.25, 0.3) is 10.8 Å². The van der Waals surface area contributed by atoms with Gasteiger partial charge in [-0.15, -0.1) is 0 Å². The number of hydrogen-bond donors (Lipinski definition) is 0. The Morgan fingerprint density at radius 2 is 1.69 bits per heavy atom. The Labute approximate surface area is 149 Å². The van der Waals surface area contributed by atoms with Crippen LogP contribution in [0.15, 0.2) is 18.2 Å². The quantitative estimate of drug-likeness (QED) is 0.517. The van der Waals surface area contributed by atoms with Crippen LogP contribution in [-0.4, -0.2) is 6.61 Å². The molecule has 1 aliphatic rings. The third kappa shape index (κ3) is 3.79. The second-order valence-corrected chi connectivity index (χ2v) is 6.99. The lowest BCUT2D eigenvalue weighted by atomic mass is 9.77. The maximum atomic E-state index is 14.5. The number of benzene rings is 2. The van der Waals surface area contributed by atoms with Gasteiger partial charge in [-0.25, -0.2) is 13.2 Å². The Kier molecular flexibility index (Phi) is 5.68. The molecule has 142 valence electrons. The summed E-state index contributed by atoms with van der Waals surface area (Å²) in [5.74, 6) is -4.01. The first-order chi connectivity index (χ1) is 12.4. The normalized spacial score (nSPS) is 20.7. The van der Waals surface area contributed by atoms with Gasteiger partial charge < -0.3 is 4.74 Å². The van der Waals surface area contributed by atoms with Crippen LogP contribution in [0.2, 0.25) is 0 Å². The summed E-state index contributed by atoms with van der Waals surface area (Å²) in [5, 5.41) is -0.502. The van der Waals surface area contributed by atoms with Crippen LogP contribution in [0.3, 0.4) is 0 Å². The third-order valence-electron chi connectivity index (χ3n) is 5.28. The highest BCUT2D eigenvalue weighted by Crippen LogP contribution is 2.40. The van der Waals surface area contributed by atoms with Gasteiger partial charge >= 0.3 is 6.61 Å². The summed E-state index contributed by atoms with van der Waals surface area (Å²) in [5.41, 5.74) is 0.700. The zero-order chi connectivity index (χ0) is 18.8. The molecule has 26 heavy (non-hydrogen) atoms. The molecule has 0 amide bonds. The molecule has 0 N–H and O–H groups in total. The minimum atomic E-state index is -3.39. The summed E-state index contributed by atoms with van der Waals surface area (Å²) in [7, 11) is 0. The van der Waals surface area contributed by atoms with E-state index in [-0.39, 0.29) is 11.3 Å². The van der Waals surface area contributed by atoms with E-state index in [1.807, 2.05) is 0 Å². The maximum Gasteiger partial charge on any atom is 0.387 e. The van der Waals surface area contributed by atoms with Crippen molar-refractivity contribution >= 4 is 10.8 Å². The van der Waals surface area contributed by atoms with Crippen molar-refractivity contribution in [1.82, 2.24) is 0 Å². The molecular weight excluding hydrogens is 351 g/mol. The highest BCUT2D eigenvalue weighted by atomic mass is 19.3. The van der Waals surface area contributed by atoms with Gasteiger partial charge in [0.1, 0.15) is 5.82 Å².